The maximum Gasteiger partial charge on any atom is 0.333 e. The van der Waals surface area contributed by atoms with Gasteiger partial charge in [-0.1, -0.05) is 57.6 Å². The van der Waals surface area contributed by atoms with Crippen LogP contribution in [0.2, 0.25) is 0 Å². The first-order chi connectivity index (χ1) is 16.5. The van der Waals surface area contributed by atoms with E-state index in [9.17, 15) is 9.59 Å². The zero-order valence-corrected chi connectivity index (χ0v) is 21.2. The van der Waals surface area contributed by atoms with Crippen LogP contribution in [0.5, 0.6) is 11.5 Å². The van der Waals surface area contributed by atoms with Gasteiger partial charge in [-0.3, -0.25) is 0 Å². The lowest BCUT2D eigenvalue weighted by Gasteiger charge is -2.11. The fraction of sp³-hybridized carbons (Fsp3) is 0.571. The molecule has 6 heteroatoms. The van der Waals surface area contributed by atoms with Crippen LogP contribution in [0.25, 0.3) is 6.08 Å². The molecule has 0 aliphatic heterocycles. The molecular weight excluding hydrogens is 432 g/mol. The minimum atomic E-state index is -0.333. The van der Waals surface area contributed by atoms with Crippen LogP contribution in [-0.2, 0) is 19.1 Å². The third-order valence-electron chi connectivity index (χ3n) is 5.09. The Morgan fingerprint density at radius 1 is 0.794 bits per heavy atom. The number of carbonyl (C=O) groups excluding carboxylic acids is 2. The van der Waals surface area contributed by atoms with Gasteiger partial charge in [0.2, 0.25) is 0 Å². The molecule has 0 aliphatic carbocycles. The highest BCUT2D eigenvalue weighted by atomic mass is 16.5. The van der Waals surface area contributed by atoms with E-state index in [1.807, 2.05) is 32.0 Å². The highest BCUT2D eigenvalue weighted by Crippen LogP contribution is 2.29. The van der Waals surface area contributed by atoms with Crippen molar-refractivity contribution >= 4 is 18.0 Å². The van der Waals surface area contributed by atoms with E-state index in [-0.39, 0.29) is 11.9 Å². The van der Waals surface area contributed by atoms with E-state index in [1.54, 1.807) is 13.0 Å². The summed E-state index contributed by atoms with van der Waals surface area (Å²) in [6.45, 7) is 11.1. The summed E-state index contributed by atoms with van der Waals surface area (Å²) in [5.41, 5.74) is 1.31. The lowest BCUT2D eigenvalue weighted by Crippen LogP contribution is -2.05. The maximum atomic E-state index is 12.0. The van der Waals surface area contributed by atoms with Crippen LogP contribution >= 0.6 is 0 Å². The zero-order valence-electron chi connectivity index (χ0n) is 21.2. The van der Waals surface area contributed by atoms with E-state index < -0.39 is 0 Å². The lowest BCUT2D eigenvalue weighted by atomic mass is 10.1. The third-order valence-corrected chi connectivity index (χ3v) is 5.09. The molecule has 0 saturated heterocycles. The predicted octanol–water partition coefficient (Wildman–Crippen LogP) is 6.67. The van der Waals surface area contributed by atoms with Gasteiger partial charge in [-0.05, 0) is 57.4 Å². The van der Waals surface area contributed by atoms with E-state index in [4.69, 9.17) is 18.9 Å². The van der Waals surface area contributed by atoms with Gasteiger partial charge < -0.3 is 18.9 Å². The highest BCUT2D eigenvalue weighted by Gasteiger charge is 2.06. The van der Waals surface area contributed by atoms with E-state index in [2.05, 4.69) is 6.58 Å². The van der Waals surface area contributed by atoms with Crippen LogP contribution in [0.4, 0.5) is 0 Å². The molecule has 190 valence electrons. The summed E-state index contributed by atoms with van der Waals surface area (Å²) in [6, 6.07) is 5.59. The van der Waals surface area contributed by atoms with Gasteiger partial charge in [-0.15, -0.1) is 0 Å². The molecule has 0 atom stereocenters. The summed E-state index contributed by atoms with van der Waals surface area (Å²) >= 11 is 0. The van der Waals surface area contributed by atoms with E-state index in [1.165, 1.54) is 25.3 Å². The summed E-state index contributed by atoms with van der Waals surface area (Å²) in [6.07, 6.45) is 13.0. The molecule has 0 saturated carbocycles. The van der Waals surface area contributed by atoms with Crippen LogP contribution in [0.1, 0.15) is 84.1 Å². The van der Waals surface area contributed by atoms with Crippen LogP contribution in [0.15, 0.2) is 36.4 Å². The summed E-state index contributed by atoms with van der Waals surface area (Å²) < 4.78 is 21.5. The summed E-state index contributed by atoms with van der Waals surface area (Å²) in [7, 11) is 0. The minimum Gasteiger partial charge on any atom is -0.490 e. The zero-order chi connectivity index (χ0) is 25.0. The maximum absolute atomic E-state index is 12.0. The molecule has 1 aromatic rings. The molecule has 0 heterocycles. The summed E-state index contributed by atoms with van der Waals surface area (Å²) in [4.78, 5) is 23.2. The smallest absolute Gasteiger partial charge is 0.333 e. The second-order valence-corrected chi connectivity index (χ2v) is 8.17. The molecule has 0 unspecified atom stereocenters. The van der Waals surface area contributed by atoms with Crippen molar-refractivity contribution in [3.63, 3.8) is 0 Å². The van der Waals surface area contributed by atoms with Gasteiger partial charge in [0.1, 0.15) is 0 Å². The summed E-state index contributed by atoms with van der Waals surface area (Å²) in [5.74, 6) is 0.737. The van der Waals surface area contributed by atoms with Crippen molar-refractivity contribution < 1.29 is 28.5 Å². The van der Waals surface area contributed by atoms with Gasteiger partial charge in [-0.25, -0.2) is 9.59 Å². The third kappa shape index (κ3) is 13.7. The Morgan fingerprint density at radius 2 is 1.32 bits per heavy atom. The second-order valence-electron chi connectivity index (χ2n) is 8.17. The van der Waals surface area contributed by atoms with Gasteiger partial charge in [0, 0.05) is 11.6 Å². The van der Waals surface area contributed by atoms with Crippen molar-refractivity contribution in [3.05, 3.63) is 42.0 Å². The Kier molecular flexibility index (Phi) is 16.1. The number of rotatable bonds is 19. The van der Waals surface area contributed by atoms with Gasteiger partial charge in [0.25, 0.3) is 0 Å². The Labute approximate surface area is 205 Å². The van der Waals surface area contributed by atoms with Gasteiger partial charge in [0.15, 0.2) is 11.5 Å². The first-order valence-corrected chi connectivity index (χ1v) is 12.5. The Hall–Kier alpha value is -2.76. The average Bonchev–Trinajstić information content (AvgIpc) is 2.82. The Morgan fingerprint density at radius 3 is 1.88 bits per heavy atom. The predicted molar refractivity (Wildman–Crippen MR) is 136 cm³/mol. The van der Waals surface area contributed by atoms with Crippen LogP contribution in [-0.4, -0.2) is 38.4 Å². The van der Waals surface area contributed by atoms with Gasteiger partial charge in [-0.2, -0.15) is 0 Å². The minimum absolute atomic E-state index is 0.301. The average molecular weight is 475 g/mol. The fourth-order valence-corrected chi connectivity index (χ4v) is 3.29. The number of hydrogen-bond donors (Lipinski definition) is 0. The normalized spacial score (nSPS) is 10.8. The molecule has 34 heavy (non-hydrogen) atoms. The molecule has 0 aromatic heterocycles. The fourth-order valence-electron chi connectivity index (χ4n) is 3.29. The first-order valence-electron chi connectivity index (χ1n) is 12.5. The molecule has 1 aromatic carbocycles. The summed E-state index contributed by atoms with van der Waals surface area (Å²) in [5, 5.41) is 0. The molecule has 0 radical (unpaired) electrons. The highest BCUT2D eigenvalue weighted by molar-refractivity contribution is 5.87. The van der Waals surface area contributed by atoms with Gasteiger partial charge >= 0.3 is 11.9 Å². The molecule has 0 fully saturated rings. The van der Waals surface area contributed by atoms with Crippen molar-refractivity contribution in [2.45, 2.75) is 78.6 Å². The molecule has 1 rings (SSSR count). The van der Waals surface area contributed by atoms with Gasteiger partial charge in [0.05, 0.1) is 26.4 Å². The van der Waals surface area contributed by atoms with E-state index in [0.29, 0.717) is 43.5 Å². The number of esters is 2. The molecule has 0 amide bonds. The van der Waals surface area contributed by atoms with Crippen molar-refractivity contribution in [1.82, 2.24) is 0 Å². The largest absolute Gasteiger partial charge is 0.490 e. The molecule has 0 spiro atoms. The topological polar surface area (TPSA) is 71.1 Å². The first kappa shape index (κ1) is 29.3. The molecule has 0 N–H and O–H groups in total. The number of ether oxygens (including phenoxy) is 4. The molecule has 0 bridgehead atoms. The number of benzene rings is 1. The van der Waals surface area contributed by atoms with E-state index >= 15 is 0 Å². The number of unbranched alkanes of at least 4 members (excludes halogenated alkanes) is 8. The van der Waals surface area contributed by atoms with Crippen LogP contribution in [0, 0.1) is 0 Å². The van der Waals surface area contributed by atoms with Crippen LogP contribution < -0.4 is 9.47 Å². The number of carbonyl (C=O) groups is 2. The molecule has 6 nitrogen and oxygen atoms in total. The van der Waals surface area contributed by atoms with Crippen molar-refractivity contribution in [2.24, 2.45) is 0 Å². The quantitative estimate of drug-likeness (QED) is 0.127. The Bertz CT molecular complexity index is 768. The second kappa shape index (κ2) is 18.6. The molecular formula is C28H42O6. The van der Waals surface area contributed by atoms with Crippen molar-refractivity contribution in [1.29, 1.82) is 0 Å². The monoisotopic (exact) mass is 474 g/mol. The standard InChI is InChI=1S/C28H42O6/c1-5-31-25-18-16-24(22-26(25)32-6-2)17-19-27(29)33-20-14-12-10-8-7-9-11-13-15-21-34-28(30)23(3)4/h16-19,22H,3,5-15,20-21H2,1-2,4H3. The van der Waals surface area contributed by atoms with E-state index in [0.717, 1.165) is 44.1 Å². The van der Waals surface area contributed by atoms with Crippen molar-refractivity contribution in [3.8, 4) is 11.5 Å². The number of hydrogen-bond acceptors (Lipinski definition) is 6. The lowest BCUT2D eigenvalue weighted by molar-refractivity contribution is -0.139. The SMILES string of the molecule is C=C(C)C(=O)OCCCCCCCCCCCOC(=O)C=Cc1ccc(OCC)c(OCC)c1. The van der Waals surface area contributed by atoms with Crippen molar-refractivity contribution in [2.75, 3.05) is 26.4 Å². The molecule has 0 aliphatic rings. The Balaban J connectivity index is 2.06. The van der Waals surface area contributed by atoms with Crippen LogP contribution in [0.3, 0.4) is 0 Å².